The van der Waals surface area contributed by atoms with Gasteiger partial charge >= 0.3 is 0 Å². The van der Waals surface area contributed by atoms with Crippen LogP contribution in [0.15, 0.2) is 36.7 Å². The third kappa shape index (κ3) is 3.16. The molecule has 0 radical (unpaired) electrons. The maximum absolute atomic E-state index is 12.6. The number of thiazole rings is 1. The SMILES string of the molecule is Cc1ccc(O)c(C)c1NC(=O)c1cnc(Nc2nn(C)c3cccnc23)s1. The fourth-order valence-electron chi connectivity index (χ4n) is 2.92. The topological polar surface area (TPSA) is 105 Å². The zero-order valence-corrected chi connectivity index (χ0v) is 16.3. The van der Waals surface area contributed by atoms with Crippen LogP contribution in [0, 0.1) is 13.8 Å². The maximum Gasteiger partial charge on any atom is 0.267 e. The van der Waals surface area contributed by atoms with E-state index in [4.69, 9.17) is 0 Å². The number of pyridine rings is 1. The molecule has 142 valence electrons. The highest BCUT2D eigenvalue weighted by atomic mass is 32.1. The van der Waals surface area contributed by atoms with Crippen molar-refractivity contribution < 1.29 is 9.90 Å². The lowest BCUT2D eigenvalue weighted by Gasteiger charge is -2.11. The number of benzene rings is 1. The summed E-state index contributed by atoms with van der Waals surface area (Å²) in [6, 6.07) is 7.16. The second-order valence-corrected chi connectivity index (χ2v) is 7.38. The molecule has 3 N–H and O–H groups in total. The zero-order chi connectivity index (χ0) is 19.8. The summed E-state index contributed by atoms with van der Waals surface area (Å²) in [4.78, 5) is 21.7. The summed E-state index contributed by atoms with van der Waals surface area (Å²) in [5.74, 6) is 0.438. The van der Waals surface area contributed by atoms with E-state index in [-0.39, 0.29) is 11.7 Å². The first-order chi connectivity index (χ1) is 13.4. The monoisotopic (exact) mass is 394 g/mol. The van der Waals surface area contributed by atoms with E-state index in [0.717, 1.165) is 16.6 Å². The Hall–Kier alpha value is -3.46. The van der Waals surface area contributed by atoms with Crippen LogP contribution in [-0.4, -0.2) is 30.8 Å². The molecule has 0 aliphatic rings. The Morgan fingerprint density at radius 3 is 2.86 bits per heavy atom. The molecular weight excluding hydrogens is 376 g/mol. The van der Waals surface area contributed by atoms with Crippen LogP contribution in [0.5, 0.6) is 5.75 Å². The summed E-state index contributed by atoms with van der Waals surface area (Å²) in [6.45, 7) is 3.64. The zero-order valence-electron chi connectivity index (χ0n) is 15.5. The summed E-state index contributed by atoms with van der Waals surface area (Å²) in [5, 5.41) is 20.8. The van der Waals surface area contributed by atoms with E-state index in [1.807, 2.05) is 26.1 Å². The van der Waals surface area contributed by atoms with Crippen LogP contribution in [0.4, 0.5) is 16.6 Å². The Labute approximate surface area is 164 Å². The van der Waals surface area contributed by atoms with Gasteiger partial charge in [0, 0.05) is 18.8 Å². The third-order valence-electron chi connectivity index (χ3n) is 4.45. The molecule has 0 aliphatic heterocycles. The summed E-state index contributed by atoms with van der Waals surface area (Å²) >= 11 is 1.21. The van der Waals surface area contributed by atoms with Gasteiger partial charge in [0.25, 0.3) is 5.91 Å². The van der Waals surface area contributed by atoms with E-state index in [9.17, 15) is 9.90 Å². The first-order valence-electron chi connectivity index (χ1n) is 8.55. The highest BCUT2D eigenvalue weighted by molar-refractivity contribution is 7.17. The Morgan fingerprint density at radius 2 is 2.04 bits per heavy atom. The van der Waals surface area contributed by atoms with E-state index in [1.54, 1.807) is 29.9 Å². The van der Waals surface area contributed by atoms with Gasteiger partial charge in [-0.2, -0.15) is 5.10 Å². The molecule has 0 saturated heterocycles. The van der Waals surface area contributed by atoms with Gasteiger partial charge in [0.1, 0.15) is 16.1 Å². The second kappa shape index (κ2) is 6.93. The molecule has 9 heteroatoms. The maximum atomic E-state index is 12.6. The van der Waals surface area contributed by atoms with E-state index in [2.05, 4.69) is 25.7 Å². The van der Waals surface area contributed by atoms with Gasteiger partial charge in [0.05, 0.1) is 17.4 Å². The number of hydrogen-bond donors (Lipinski definition) is 3. The Balaban J connectivity index is 1.56. The number of fused-ring (bicyclic) bond motifs is 1. The summed E-state index contributed by atoms with van der Waals surface area (Å²) in [7, 11) is 1.84. The van der Waals surface area contributed by atoms with Crippen molar-refractivity contribution in [2.75, 3.05) is 10.6 Å². The van der Waals surface area contributed by atoms with Crippen molar-refractivity contribution in [2.45, 2.75) is 13.8 Å². The van der Waals surface area contributed by atoms with E-state index < -0.39 is 0 Å². The van der Waals surface area contributed by atoms with Crippen molar-refractivity contribution >= 4 is 44.9 Å². The average molecular weight is 394 g/mol. The van der Waals surface area contributed by atoms with Gasteiger partial charge in [-0.15, -0.1) is 0 Å². The Kier molecular flexibility index (Phi) is 4.44. The minimum Gasteiger partial charge on any atom is -0.508 e. The summed E-state index contributed by atoms with van der Waals surface area (Å²) in [5.41, 5.74) is 3.74. The van der Waals surface area contributed by atoms with Crippen LogP contribution in [-0.2, 0) is 7.05 Å². The van der Waals surface area contributed by atoms with Crippen LogP contribution in [0.2, 0.25) is 0 Å². The molecule has 3 heterocycles. The van der Waals surface area contributed by atoms with Gasteiger partial charge in [-0.3, -0.25) is 14.5 Å². The lowest BCUT2D eigenvalue weighted by atomic mass is 10.1. The van der Waals surface area contributed by atoms with E-state index >= 15 is 0 Å². The fraction of sp³-hybridized carbons (Fsp3) is 0.158. The quantitative estimate of drug-likeness (QED) is 0.487. The minimum atomic E-state index is -0.286. The Morgan fingerprint density at radius 1 is 1.21 bits per heavy atom. The number of carbonyl (C=O) groups is 1. The number of phenols is 1. The number of rotatable bonds is 4. The van der Waals surface area contributed by atoms with Crippen molar-refractivity contribution in [3.05, 3.63) is 52.7 Å². The van der Waals surface area contributed by atoms with Crippen molar-refractivity contribution in [1.82, 2.24) is 19.7 Å². The number of phenolic OH excluding ortho intramolecular Hbond substituents is 1. The normalized spacial score (nSPS) is 11.0. The van der Waals surface area contributed by atoms with Crippen LogP contribution in [0.3, 0.4) is 0 Å². The average Bonchev–Trinajstić information content (AvgIpc) is 3.28. The molecule has 0 bridgehead atoms. The number of amides is 1. The largest absolute Gasteiger partial charge is 0.508 e. The molecule has 0 unspecified atom stereocenters. The van der Waals surface area contributed by atoms with Gasteiger partial charge in [0.15, 0.2) is 10.9 Å². The summed E-state index contributed by atoms with van der Waals surface area (Å²) < 4.78 is 1.74. The molecule has 4 rings (SSSR count). The summed E-state index contributed by atoms with van der Waals surface area (Å²) in [6.07, 6.45) is 3.21. The van der Waals surface area contributed by atoms with Crippen LogP contribution in [0.1, 0.15) is 20.8 Å². The molecular formula is C19H18N6O2S. The number of nitrogens with one attached hydrogen (secondary N) is 2. The molecule has 3 aromatic heterocycles. The predicted octanol–water partition coefficient (Wildman–Crippen LogP) is 3.74. The van der Waals surface area contributed by atoms with Gasteiger partial charge in [0.2, 0.25) is 0 Å². The van der Waals surface area contributed by atoms with Gasteiger partial charge in [-0.25, -0.2) is 4.98 Å². The lowest BCUT2D eigenvalue weighted by molar-refractivity contribution is 0.103. The van der Waals surface area contributed by atoms with E-state index in [1.165, 1.54) is 17.5 Å². The number of aromatic hydroxyl groups is 1. The minimum absolute atomic E-state index is 0.141. The standard InChI is InChI=1S/C19H18N6O2S/c1-10-6-7-13(26)11(2)15(10)22-18(27)14-9-21-19(28-14)23-17-16-12(25(3)24-17)5-4-8-20-16/h4-9,26H,1-3H3,(H,22,27)(H,21,23,24). The number of aryl methyl sites for hydroxylation is 2. The number of anilines is 3. The first kappa shape index (κ1) is 17.9. The predicted molar refractivity (Wildman–Crippen MR) is 109 cm³/mol. The number of aromatic nitrogens is 4. The molecule has 0 saturated carbocycles. The number of carbonyl (C=O) groups excluding carboxylic acids is 1. The number of hydrogen-bond acceptors (Lipinski definition) is 7. The molecule has 0 aliphatic carbocycles. The lowest BCUT2D eigenvalue weighted by Crippen LogP contribution is -2.12. The molecule has 0 spiro atoms. The van der Waals surface area contributed by atoms with Crippen LogP contribution >= 0.6 is 11.3 Å². The molecule has 4 aromatic rings. The highest BCUT2D eigenvalue weighted by Gasteiger charge is 2.16. The van der Waals surface area contributed by atoms with Gasteiger partial charge in [-0.1, -0.05) is 17.4 Å². The fourth-order valence-corrected chi connectivity index (χ4v) is 3.63. The third-order valence-corrected chi connectivity index (χ3v) is 5.36. The van der Waals surface area contributed by atoms with Gasteiger partial charge < -0.3 is 15.7 Å². The molecule has 1 amide bonds. The van der Waals surface area contributed by atoms with Crippen LogP contribution in [0.25, 0.3) is 11.0 Å². The van der Waals surface area contributed by atoms with Crippen molar-refractivity contribution in [1.29, 1.82) is 0 Å². The second-order valence-electron chi connectivity index (χ2n) is 6.35. The first-order valence-corrected chi connectivity index (χ1v) is 9.37. The molecule has 8 nitrogen and oxygen atoms in total. The van der Waals surface area contributed by atoms with Crippen molar-refractivity contribution in [2.24, 2.45) is 7.05 Å². The van der Waals surface area contributed by atoms with Crippen LogP contribution < -0.4 is 10.6 Å². The molecule has 0 atom stereocenters. The van der Waals surface area contributed by atoms with E-state index in [0.29, 0.717) is 27.1 Å². The van der Waals surface area contributed by atoms with Crippen molar-refractivity contribution in [3.63, 3.8) is 0 Å². The molecule has 1 aromatic carbocycles. The molecule has 0 fully saturated rings. The smallest absolute Gasteiger partial charge is 0.267 e. The molecule has 28 heavy (non-hydrogen) atoms. The van der Waals surface area contributed by atoms with Crippen molar-refractivity contribution in [3.8, 4) is 5.75 Å². The van der Waals surface area contributed by atoms with Gasteiger partial charge in [-0.05, 0) is 37.6 Å². The highest BCUT2D eigenvalue weighted by Crippen LogP contribution is 2.30. The Bertz CT molecular complexity index is 1200. The number of nitrogens with zero attached hydrogens (tertiary/aromatic N) is 4.